The molecule has 8 aromatic rings. The predicted octanol–water partition coefficient (Wildman–Crippen LogP) is 16.8. The van der Waals surface area contributed by atoms with Crippen LogP contribution in [0.5, 0.6) is 46.0 Å². The number of alkyl halides is 6. The van der Waals surface area contributed by atoms with Crippen LogP contribution in [0.15, 0.2) is 172 Å². The number of rotatable bonds is 22. The highest BCUT2D eigenvalue weighted by Crippen LogP contribution is 2.41. The van der Waals surface area contributed by atoms with Crippen LogP contribution < -0.4 is 78.0 Å². The van der Waals surface area contributed by atoms with Gasteiger partial charge in [0.1, 0.15) is 11.5 Å². The minimum atomic E-state index is -2.01. The van der Waals surface area contributed by atoms with Gasteiger partial charge in [-0.25, -0.2) is 0 Å². The van der Waals surface area contributed by atoms with Crippen LogP contribution in [0.3, 0.4) is 0 Å². The third-order valence-corrected chi connectivity index (χ3v) is 44.3. The van der Waals surface area contributed by atoms with E-state index in [1.165, 1.54) is 93.4 Å². The highest BCUT2D eigenvalue weighted by atomic mass is 79.9. The van der Waals surface area contributed by atoms with Crippen LogP contribution >= 0.6 is 89.3 Å². The molecular formula is C101H167Br2Cl5N12O24Si4. The highest BCUT2D eigenvalue weighted by molar-refractivity contribution is 9.08. The molecular weight excluding hydrogens is 2210 g/mol. The van der Waals surface area contributed by atoms with Gasteiger partial charge in [0, 0.05) is 179 Å². The van der Waals surface area contributed by atoms with Crippen molar-refractivity contribution in [2.24, 2.45) is 0 Å². The van der Waals surface area contributed by atoms with Crippen molar-refractivity contribution in [1.29, 1.82) is 0 Å². The van der Waals surface area contributed by atoms with Crippen LogP contribution in [0.2, 0.25) is 72.5 Å². The normalized spacial score (nSPS) is 14.7. The molecule has 0 bridgehead atoms. The second-order valence-corrected chi connectivity index (χ2v) is 67.6. The highest BCUT2D eigenvalue weighted by Gasteiger charge is 2.43. The topological polar surface area (TPSA) is 445 Å². The molecule has 0 radical (unpaired) electrons. The molecule has 0 unspecified atom stereocenters. The number of halogens is 7. The van der Waals surface area contributed by atoms with Gasteiger partial charge in [-0.15, -0.1) is 0 Å². The van der Waals surface area contributed by atoms with Crippen molar-refractivity contribution < 1.29 is 74.1 Å². The van der Waals surface area contributed by atoms with Gasteiger partial charge >= 0.3 is 0 Å². The van der Waals surface area contributed by atoms with Crippen molar-refractivity contribution in [3.8, 4) is 46.0 Å². The summed E-state index contributed by atoms with van der Waals surface area (Å²) in [5.74, 6) is 2.26. The minimum Gasteiger partial charge on any atom is -0.539 e. The summed E-state index contributed by atoms with van der Waals surface area (Å²) in [7, 11) is 8.59. The van der Waals surface area contributed by atoms with E-state index in [-0.39, 0.29) is 102 Å². The molecule has 8 aromatic heterocycles. The molecule has 0 atom stereocenters. The summed E-state index contributed by atoms with van der Waals surface area (Å²) < 4.78 is 57.9. The van der Waals surface area contributed by atoms with Crippen LogP contribution in [-0.2, 0) is 36.8 Å². The van der Waals surface area contributed by atoms with Gasteiger partial charge in [-0.1, -0.05) is 174 Å². The quantitative estimate of drug-likeness (QED) is 0.0132. The Labute approximate surface area is 918 Å². The summed E-state index contributed by atoms with van der Waals surface area (Å²) in [6.45, 7) is 65.9. The van der Waals surface area contributed by atoms with E-state index in [4.69, 9.17) is 107 Å². The second kappa shape index (κ2) is 67.5. The second-order valence-electron chi connectivity index (χ2n) is 41.6. The number of likely N-dealkylation sites (N-methyl/N-ethyl adjacent to an activating group) is 8. The third-order valence-electron chi connectivity index (χ3n) is 25.0. The molecule has 0 amide bonds. The van der Waals surface area contributed by atoms with Crippen molar-refractivity contribution in [1.82, 2.24) is 60.5 Å². The van der Waals surface area contributed by atoms with Gasteiger partial charge in [0.2, 0.25) is 72.2 Å². The molecule has 0 aliphatic carbocycles. The van der Waals surface area contributed by atoms with Crippen molar-refractivity contribution in [2.75, 3.05) is 187 Å². The Kier molecular flexibility index (Phi) is 63.3. The molecule has 0 aromatic carbocycles. The average Bonchev–Trinajstić information content (AvgIpc) is 0.806. The summed E-state index contributed by atoms with van der Waals surface area (Å²) in [5.41, 5.74) is -2.56. The van der Waals surface area contributed by atoms with Crippen molar-refractivity contribution >= 4 is 122 Å². The van der Waals surface area contributed by atoms with E-state index in [1.807, 2.05) is 52.1 Å². The fourth-order valence-electron chi connectivity index (χ4n) is 11.1. The summed E-state index contributed by atoms with van der Waals surface area (Å²) in [6.07, 6.45) is 10.6. The average molecular weight is 2380 g/mol. The summed E-state index contributed by atoms with van der Waals surface area (Å²) >= 11 is 32.1. The zero-order valence-electron chi connectivity index (χ0n) is 92.3. The van der Waals surface area contributed by atoms with Crippen LogP contribution in [0, 0.1) is 13.8 Å². The monoisotopic (exact) mass is 2380 g/mol. The maximum atomic E-state index is 11.8. The van der Waals surface area contributed by atoms with Gasteiger partial charge in [-0.05, 0) is 130 Å². The summed E-state index contributed by atoms with van der Waals surface area (Å²) in [5, 5.41) is 62.6. The van der Waals surface area contributed by atoms with Gasteiger partial charge in [-0.3, -0.25) is 58.0 Å². The molecule has 2 saturated heterocycles. The van der Waals surface area contributed by atoms with Crippen LogP contribution in [0.1, 0.15) is 129 Å². The fraction of sp³-hybridized carbons (Fsp3) is 0.604. The Morgan fingerprint density at radius 3 is 0.824 bits per heavy atom. The predicted molar refractivity (Wildman–Crippen MR) is 612 cm³/mol. The fourth-order valence-corrected chi connectivity index (χ4v) is 15.0. The lowest BCUT2D eigenvalue weighted by atomic mass is 10.2. The van der Waals surface area contributed by atoms with E-state index in [1.54, 1.807) is 6.92 Å². The lowest BCUT2D eigenvalue weighted by molar-refractivity contribution is 0.137. The molecule has 2 fully saturated rings. The van der Waals surface area contributed by atoms with Crippen molar-refractivity contribution in [2.45, 2.75) is 210 Å². The first-order valence-electron chi connectivity index (χ1n) is 48.6. The lowest BCUT2D eigenvalue weighted by Gasteiger charge is -2.36. The molecule has 840 valence electrons. The first-order valence-corrected chi connectivity index (χ1v) is 65.1. The number of nitrogens with zero attached hydrogens (tertiary/aromatic N) is 8. The zero-order chi connectivity index (χ0) is 113. The number of aryl methyl sites for hydroxylation is 2. The number of hydrogen-bond donors (Lipinski definition) is 9. The maximum Gasteiger partial charge on any atom is 0.266 e. The molecule has 148 heavy (non-hydrogen) atoms. The molecule has 47 heteroatoms. The van der Waals surface area contributed by atoms with Crippen molar-refractivity contribution in [3.05, 3.63) is 227 Å². The van der Waals surface area contributed by atoms with E-state index in [2.05, 4.69) is 236 Å². The molecule has 36 nitrogen and oxygen atoms in total. The van der Waals surface area contributed by atoms with Gasteiger partial charge in [0.15, 0.2) is 59.2 Å². The molecule has 0 saturated carbocycles. The van der Waals surface area contributed by atoms with E-state index >= 15 is 0 Å². The smallest absolute Gasteiger partial charge is 0.266 e. The van der Waals surface area contributed by atoms with E-state index < -0.39 is 62.7 Å². The molecule has 10 heterocycles. The van der Waals surface area contributed by atoms with Crippen molar-refractivity contribution in [3.63, 3.8) is 0 Å². The first kappa shape index (κ1) is 139. The summed E-state index contributed by atoms with van der Waals surface area (Å²) in [6, 6.07) is 10.1. The molecule has 0 spiro atoms. The Hall–Kier alpha value is -7.20. The van der Waals surface area contributed by atoms with Gasteiger partial charge in [0.05, 0.1) is 86.9 Å². The van der Waals surface area contributed by atoms with E-state index in [9.17, 15) is 58.8 Å². The lowest BCUT2D eigenvalue weighted by Crippen LogP contribution is -2.45. The van der Waals surface area contributed by atoms with Gasteiger partial charge in [0.25, 0.3) is 28.2 Å². The molecule has 2 aliphatic rings. The maximum absolute atomic E-state index is 11.8. The number of nitrogens with one attached hydrogen (secondary N) is 4. The molecule has 2 aliphatic heterocycles. The Morgan fingerprint density at radius 2 is 0.581 bits per heavy atom. The molecule has 10 rings (SSSR count). The number of aromatic hydroxyl groups is 5. The molecule has 9 N–H and O–H groups in total. The standard InChI is InChI=1S/C22H32N4O6.C16H20N2O6.2C12H19BrO3Si.C12H20O3Si.C10H24N4.C6H15ClSi.C6H6O3.C4H12N2.CCl4/c1-23-5-9-25(15-19-21(29)17(27)3-13-31-19)11-7-24(2)8-12-26(10-6-23)16-20-22(30)18(28)4-14-32-20;1-17(9-13-15(21)11(19)3-7-23-13)5-6-18(2)10-14-16(22)12(20)4-8-24-14;2*1-12(2,3)17(4,5)16-11-9(14)6-7-15-10(11)8-13;1-9-11(10(13)7-8-14-9)15-16(5,6)12(2,3)4;1-13-7-3-11-5-9-14(2)10-6-12-4-8-13;1-6(2,3)8(4,5)7;1-4-6(8)5(7)2-3-9-4;1-5-3-4-6-2;2-1(3,4)5/h3-4,13-14,29-30H,5-12,15-16H2,1-2H3;3-4,7-8,21-22H,5-6,9-10H2,1-2H3;2*6-7H,8H2,1-5H3;7-8H,1-6H3;11-12H,3-10H2,1-2H3;1-5H3;2-3,8H,1H3;5-6H,3-4H2,1-2H3;. The SMILES string of the molecule is CC(C)(C)[Si](C)(C)Cl.CC(C)(C)[Si](C)(C)Oc1c(CBr)occc1=O.CC(C)(C)[Si](C)(C)Oc1c(CBr)occc1=O.CN(CCN(C)Cc1occc(=O)c1O)Cc1occc(=O)c1O.CN1CCN(Cc2occc(=O)c2O)CCN(C)CCN(Cc2occc(=O)c2O)CC1.CN1CCNCCN(C)CCNCC1.CNCCNC.Cc1occc(=O)c1O.Cc1occc(=O)c1O[Si](C)(C)C(C)(C)C.ClC(Cl)(Cl)Cl. The number of hydrogen-bond acceptors (Lipinski definition) is 36. The third kappa shape index (κ3) is 54.6. The first-order chi connectivity index (χ1) is 68.4. The van der Waals surface area contributed by atoms with Gasteiger partial charge < -0.3 is 115 Å². The Morgan fingerprint density at radius 1 is 0.358 bits per heavy atom. The van der Waals surface area contributed by atoms with Gasteiger partial charge in [-0.2, -0.15) is 11.1 Å². The Balaban J connectivity index is 0.000000857. The van der Waals surface area contributed by atoms with Crippen LogP contribution in [-0.4, -0.2) is 288 Å². The van der Waals surface area contributed by atoms with Crippen LogP contribution in [0.4, 0.5) is 0 Å². The Bertz CT molecular complexity index is 5390. The largest absolute Gasteiger partial charge is 0.539 e. The van der Waals surface area contributed by atoms with E-state index in [0.29, 0.717) is 76.4 Å². The zero-order valence-corrected chi connectivity index (χ0v) is 103. The minimum absolute atomic E-state index is 0.0544. The van der Waals surface area contributed by atoms with E-state index in [0.717, 1.165) is 130 Å². The van der Waals surface area contributed by atoms with Crippen LogP contribution in [0.25, 0.3) is 0 Å². The summed E-state index contributed by atoms with van der Waals surface area (Å²) in [4.78, 5) is 109.